The van der Waals surface area contributed by atoms with Gasteiger partial charge in [0.05, 0.1) is 36.0 Å². The SMILES string of the molecule is [2H]c1c([2H])c2c(c([2H])c1-c1cccc(-c3c([2H])c([2H])c4c(c3[2H])C(C([2H])([2H])[2H])(C([2H])([2H])[2H])C([2H])([2H])C([2H])([2H])C4(C([2H])([2H])[2H])C([2H])([2H])C)c1-[n+]1[c-]n(-c3cc(Oc4ccc5c6ccccc6n(-c6cc(C(C)(C)C)ccn6)c5c4)ccn3)c3ccccc31)C(C([2H])([2H])[2H])(C([2H])([2H])[2H])C([2H])([2H])C([2H])([2H])C2(C([2H])([2H])[2H])C([2H])([2H])[2H]. The van der Waals surface area contributed by atoms with Gasteiger partial charge in [-0.15, -0.1) is 0 Å². The number of hydrogen-bond donors (Lipinski definition) is 0. The van der Waals surface area contributed by atoms with E-state index in [1.54, 1.807) is 18.3 Å². The summed E-state index contributed by atoms with van der Waals surface area (Å²) in [7, 11) is 0. The maximum absolute atomic E-state index is 10.4. The van der Waals surface area contributed by atoms with Crippen molar-refractivity contribution in [1.82, 2.24) is 19.1 Å². The van der Waals surface area contributed by atoms with Crippen LogP contribution < -0.4 is 9.30 Å². The van der Waals surface area contributed by atoms with Gasteiger partial charge in [-0.25, -0.2) is 4.98 Å². The van der Waals surface area contributed by atoms with Crippen LogP contribution >= 0.6 is 0 Å². The third kappa shape index (κ3) is 7.86. The summed E-state index contributed by atoms with van der Waals surface area (Å²) in [4.78, 5) is 9.39. The van der Waals surface area contributed by atoms with Gasteiger partial charge in [-0.3, -0.25) is 18.7 Å². The second-order valence-corrected chi connectivity index (χ2v) is 19.3. The molecule has 0 N–H and O–H groups in total. The third-order valence-electron chi connectivity index (χ3n) is 13.4. The second-order valence-electron chi connectivity index (χ2n) is 19.3. The van der Waals surface area contributed by atoms with Gasteiger partial charge in [0, 0.05) is 77.8 Å². The Morgan fingerprint density at radius 1 is 0.635 bits per heavy atom. The van der Waals surface area contributed by atoms with E-state index in [0.717, 1.165) is 44.6 Å². The van der Waals surface area contributed by atoms with E-state index in [1.807, 2.05) is 47.0 Å². The Hall–Kier alpha value is -7.31. The van der Waals surface area contributed by atoms with Crippen LogP contribution in [0, 0.1) is 6.33 Å². The maximum Gasteiger partial charge on any atom is 0.271 e. The van der Waals surface area contributed by atoms with Crippen LogP contribution in [0.3, 0.4) is 0 Å². The van der Waals surface area contributed by atoms with Gasteiger partial charge < -0.3 is 4.74 Å². The molecule has 6 nitrogen and oxygen atoms in total. The van der Waals surface area contributed by atoms with Gasteiger partial charge in [0.15, 0.2) is 5.82 Å². The fraction of sp³-hybridized carbons (Fsp3) is 0.309. The number of imidazole rings is 1. The molecule has 2 aliphatic rings. The number of ether oxygens (including phenoxy) is 1. The lowest BCUT2D eigenvalue weighted by Gasteiger charge is -2.43. The van der Waals surface area contributed by atoms with Crippen molar-refractivity contribution in [3.63, 3.8) is 0 Å². The lowest BCUT2D eigenvalue weighted by molar-refractivity contribution is -0.571. The standard InChI is InChI=1S/C68H69N5O/c1-12-68(11)35-34-67(9,10)56-39-45(25-29-54(56)68)50-20-17-19-49(44-24-28-53-55(38-44)66(7,8)33-32-65(53,5)6)63(50)72-43-71(58-22-15-16-23-59(58)72)61-42-48(31-37-69-61)74-47-26-27-52-51-18-13-14-21-57(51)73(60(52)41-47)62-40-46(30-36-70-62)64(2,3)4/h13-31,36-42H,12,32-35H2,1-11H3/i5D3,6D3,7D3,8D3,9D3,10D3,11D3,12D2,24D,25D,28D,29D,32D2,33D2,34D2,35D2,38D,39D. The minimum atomic E-state index is -4.84. The average molecular weight is 1010 g/mol. The third-order valence-corrected chi connectivity index (χ3v) is 13.4. The Morgan fingerprint density at radius 2 is 1.26 bits per heavy atom. The van der Waals surface area contributed by atoms with E-state index in [1.165, 1.54) is 47.2 Å². The van der Waals surface area contributed by atoms with Crippen LogP contribution in [0.4, 0.5) is 0 Å². The topological polar surface area (TPSA) is 48.8 Å². The van der Waals surface area contributed by atoms with Gasteiger partial charge in [-0.1, -0.05) is 173 Å². The fourth-order valence-corrected chi connectivity index (χ4v) is 9.59. The predicted octanol–water partition coefficient (Wildman–Crippen LogP) is 17.1. The van der Waals surface area contributed by atoms with Crippen molar-refractivity contribution in [1.29, 1.82) is 0 Å². The Morgan fingerprint density at radius 3 is 1.97 bits per heavy atom. The molecule has 0 aliphatic heterocycles. The average Bonchev–Trinajstić information content (AvgIpc) is 0.888. The summed E-state index contributed by atoms with van der Waals surface area (Å²) < 4.78 is 356. The predicted molar refractivity (Wildman–Crippen MR) is 305 cm³/mol. The molecule has 0 spiro atoms. The minimum Gasteiger partial charge on any atom is -0.458 e. The van der Waals surface area contributed by atoms with E-state index in [2.05, 4.69) is 32.1 Å². The van der Waals surface area contributed by atoms with E-state index >= 15 is 0 Å². The van der Waals surface area contributed by atoms with Crippen LogP contribution in [0.5, 0.6) is 11.5 Å². The Bertz CT molecular complexity index is 5260. The van der Waals surface area contributed by atoms with Crippen LogP contribution in [-0.2, 0) is 27.1 Å². The van der Waals surface area contributed by atoms with Crippen molar-refractivity contribution >= 4 is 32.8 Å². The Labute approximate surface area is 489 Å². The monoisotopic (exact) mass is 1010 g/mol. The van der Waals surface area contributed by atoms with E-state index in [-0.39, 0.29) is 33.8 Å². The van der Waals surface area contributed by atoms with Gasteiger partial charge in [-0.05, 0) is 145 Å². The zero-order valence-corrected chi connectivity index (χ0v) is 40.2. The van der Waals surface area contributed by atoms with Crippen LogP contribution in [0.15, 0.2) is 158 Å². The summed E-state index contributed by atoms with van der Waals surface area (Å²) >= 11 is 0. The van der Waals surface area contributed by atoms with Gasteiger partial charge in [-0.2, -0.15) is 0 Å². The zero-order valence-electron chi connectivity index (χ0n) is 77.2. The molecule has 4 aromatic heterocycles. The lowest BCUT2D eigenvalue weighted by Crippen LogP contribution is -2.35. The van der Waals surface area contributed by atoms with Gasteiger partial charge >= 0.3 is 0 Å². The van der Waals surface area contributed by atoms with Crippen molar-refractivity contribution in [2.45, 2.75) is 135 Å². The first kappa shape index (κ1) is 21.9. The molecular weight excluding hydrogens is 903 g/mol. The first-order valence-corrected chi connectivity index (χ1v) is 23.4. The number of pyridine rings is 2. The minimum absolute atomic E-state index is 0.0118. The summed E-state index contributed by atoms with van der Waals surface area (Å²) in [6.45, 7) is -24.9. The number of benzene rings is 6. The molecule has 1 unspecified atom stereocenters. The molecule has 10 aromatic rings. The summed E-state index contributed by atoms with van der Waals surface area (Å²) in [5.74, 6) is 0.843. The molecule has 12 rings (SSSR count). The van der Waals surface area contributed by atoms with Crippen molar-refractivity contribution in [2.75, 3.05) is 0 Å². The number of hydrogen-bond acceptors (Lipinski definition) is 3. The van der Waals surface area contributed by atoms with Crippen LogP contribution in [0.25, 0.3) is 72.4 Å². The number of aromatic nitrogens is 5. The Balaban J connectivity index is 1.25. The highest BCUT2D eigenvalue weighted by atomic mass is 16.5. The normalized spacial score (nSPS) is 29.3. The molecule has 0 radical (unpaired) electrons. The number of para-hydroxylation sites is 4. The van der Waals surface area contributed by atoms with Crippen LogP contribution in [-0.4, -0.2) is 19.1 Å². The van der Waals surface area contributed by atoms with E-state index in [9.17, 15) is 21.9 Å². The Kier molecular flexibility index (Phi) is 5.06. The number of nitrogens with zero attached hydrogens (tertiary/aromatic N) is 5. The highest BCUT2D eigenvalue weighted by molar-refractivity contribution is 6.09. The molecule has 2 aliphatic carbocycles. The van der Waals surface area contributed by atoms with E-state index in [4.69, 9.17) is 38.5 Å². The molecular formula is C68H69N5O. The van der Waals surface area contributed by atoms with Crippen LogP contribution in [0.1, 0.15) is 186 Å². The molecule has 372 valence electrons. The summed E-state index contributed by atoms with van der Waals surface area (Å²) in [5.41, 5.74) is -28.7. The van der Waals surface area contributed by atoms with E-state index in [0.29, 0.717) is 18.3 Å². The molecule has 6 heteroatoms. The first-order chi connectivity index (χ1) is 50.4. The maximum atomic E-state index is 10.4. The molecule has 0 saturated heterocycles. The first-order valence-electron chi connectivity index (χ1n) is 41.9. The van der Waals surface area contributed by atoms with Gasteiger partial charge in [0.1, 0.15) is 17.3 Å². The lowest BCUT2D eigenvalue weighted by atomic mass is 9.61. The van der Waals surface area contributed by atoms with Crippen molar-refractivity contribution in [3.8, 4) is 51.1 Å². The van der Waals surface area contributed by atoms with Gasteiger partial charge in [0.25, 0.3) is 6.33 Å². The molecule has 1 atom stereocenters. The molecule has 0 fully saturated rings. The summed E-state index contributed by atoms with van der Waals surface area (Å²) in [6, 6.07) is 18.1. The van der Waals surface area contributed by atoms with Crippen molar-refractivity contribution < 1.29 is 60.0 Å². The molecule has 4 heterocycles. The van der Waals surface area contributed by atoms with Crippen molar-refractivity contribution in [2.24, 2.45) is 0 Å². The summed E-state index contributed by atoms with van der Waals surface area (Å²) in [5, 5.41) is 1.71. The smallest absolute Gasteiger partial charge is 0.271 e. The highest BCUT2D eigenvalue weighted by Gasteiger charge is 2.40. The van der Waals surface area contributed by atoms with E-state index < -0.39 is 188 Å². The van der Waals surface area contributed by atoms with Crippen molar-refractivity contribution in [3.05, 3.63) is 192 Å². The largest absolute Gasteiger partial charge is 0.458 e. The number of rotatable bonds is 8. The molecule has 74 heavy (non-hydrogen) atoms. The summed E-state index contributed by atoms with van der Waals surface area (Å²) in [6.07, 6.45) is -16.7. The van der Waals surface area contributed by atoms with Crippen LogP contribution in [0.2, 0.25) is 0 Å². The molecule has 6 aromatic carbocycles. The molecule has 0 amide bonds. The molecule has 0 saturated carbocycles. The second kappa shape index (κ2) is 17.1. The quantitative estimate of drug-likeness (QED) is 0.113. The highest BCUT2D eigenvalue weighted by Crippen LogP contribution is 2.50. The fourth-order valence-electron chi connectivity index (χ4n) is 9.59. The number of fused-ring (bicyclic) bond motifs is 6. The van der Waals surface area contributed by atoms with Gasteiger partial charge in [0.2, 0.25) is 0 Å². The zero-order chi connectivity index (χ0) is 83.2. The molecule has 0 bridgehead atoms.